The van der Waals surface area contributed by atoms with Gasteiger partial charge < -0.3 is 4.90 Å². The predicted molar refractivity (Wildman–Crippen MR) is 83.2 cm³/mol. The van der Waals surface area contributed by atoms with Crippen molar-refractivity contribution >= 4 is 5.69 Å². The molecule has 1 aliphatic heterocycles. The zero-order valence-electron chi connectivity index (χ0n) is 13.1. The molecule has 1 fully saturated rings. The van der Waals surface area contributed by atoms with Crippen LogP contribution in [0.2, 0.25) is 0 Å². The Bertz CT molecular complexity index is 695. The Morgan fingerprint density at radius 3 is 2.38 bits per heavy atom. The molecular weight excluding hydrogens is 320 g/mol. The maximum absolute atomic E-state index is 12.3. The Morgan fingerprint density at radius 2 is 1.75 bits per heavy atom. The predicted octanol–water partition coefficient (Wildman–Crippen LogP) is -0.0779. The molecule has 0 spiro atoms. The quantitative estimate of drug-likeness (QED) is 0.733. The molecule has 10 heteroatoms. The van der Waals surface area contributed by atoms with Crippen molar-refractivity contribution in [1.82, 2.24) is 29.7 Å². The minimum absolute atomic E-state index is 0.500. The molecule has 1 aliphatic rings. The summed E-state index contributed by atoms with van der Waals surface area (Å²) in [4.78, 5) is 17.8. The number of piperazine rings is 1. The second-order valence-electron chi connectivity index (χ2n) is 5.58. The SMILES string of the molecule is O=c1cc(N2CCN(CCn3nccn3)CC2)cnn1CC(F)F. The van der Waals surface area contributed by atoms with Gasteiger partial charge in [-0.25, -0.2) is 13.5 Å². The molecule has 8 nitrogen and oxygen atoms in total. The van der Waals surface area contributed by atoms with Crippen LogP contribution in [0.1, 0.15) is 0 Å². The number of nitrogens with zero attached hydrogens (tertiary/aromatic N) is 7. The number of rotatable bonds is 6. The molecule has 1 saturated heterocycles. The third kappa shape index (κ3) is 4.13. The number of halogens is 2. The molecule has 24 heavy (non-hydrogen) atoms. The van der Waals surface area contributed by atoms with E-state index < -0.39 is 18.5 Å². The van der Waals surface area contributed by atoms with Gasteiger partial charge in [-0.1, -0.05) is 0 Å². The zero-order valence-corrected chi connectivity index (χ0v) is 13.1. The largest absolute Gasteiger partial charge is 0.368 e. The summed E-state index contributed by atoms with van der Waals surface area (Å²) < 4.78 is 25.5. The third-order valence-corrected chi connectivity index (χ3v) is 3.99. The molecule has 0 saturated carbocycles. The van der Waals surface area contributed by atoms with Gasteiger partial charge in [0, 0.05) is 38.8 Å². The normalized spacial score (nSPS) is 16.0. The van der Waals surface area contributed by atoms with Gasteiger partial charge in [0.15, 0.2) is 0 Å². The Balaban J connectivity index is 1.52. The number of anilines is 1. The molecule has 0 unspecified atom stereocenters. The first kappa shape index (κ1) is 16.5. The van der Waals surface area contributed by atoms with E-state index in [-0.39, 0.29) is 0 Å². The van der Waals surface area contributed by atoms with Gasteiger partial charge in [0.2, 0.25) is 0 Å². The number of hydrogen-bond donors (Lipinski definition) is 0. The molecule has 0 N–H and O–H groups in total. The maximum atomic E-state index is 12.3. The lowest BCUT2D eigenvalue weighted by Crippen LogP contribution is -2.47. The molecule has 3 heterocycles. The lowest BCUT2D eigenvalue weighted by Gasteiger charge is -2.35. The minimum atomic E-state index is -2.59. The van der Waals surface area contributed by atoms with Crippen LogP contribution in [0.15, 0.2) is 29.5 Å². The smallest absolute Gasteiger partial charge is 0.269 e. The van der Waals surface area contributed by atoms with E-state index in [1.807, 2.05) is 4.90 Å². The van der Waals surface area contributed by atoms with Gasteiger partial charge in [-0.05, 0) is 0 Å². The van der Waals surface area contributed by atoms with Gasteiger partial charge in [-0.3, -0.25) is 9.69 Å². The van der Waals surface area contributed by atoms with Crippen LogP contribution in [0.3, 0.4) is 0 Å². The molecule has 0 amide bonds. The van der Waals surface area contributed by atoms with E-state index in [0.29, 0.717) is 5.69 Å². The third-order valence-electron chi connectivity index (χ3n) is 3.99. The summed E-state index contributed by atoms with van der Waals surface area (Å²) >= 11 is 0. The first-order valence-corrected chi connectivity index (χ1v) is 7.78. The van der Waals surface area contributed by atoms with Crippen molar-refractivity contribution in [2.75, 3.05) is 37.6 Å². The van der Waals surface area contributed by atoms with Gasteiger partial charge in [0.25, 0.3) is 12.0 Å². The van der Waals surface area contributed by atoms with Crippen molar-refractivity contribution in [3.05, 3.63) is 35.0 Å². The van der Waals surface area contributed by atoms with E-state index in [2.05, 4.69) is 20.2 Å². The zero-order chi connectivity index (χ0) is 16.9. The van der Waals surface area contributed by atoms with Crippen LogP contribution in [0.4, 0.5) is 14.5 Å². The van der Waals surface area contributed by atoms with E-state index in [1.165, 1.54) is 12.3 Å². The van der Waals surface area contributed by atoms with Gasteiger partial charge in [0.1, 0.15) is 6.54 Å². The summed E-state index contributed by atoms with van der Waals surface area (Å²) in [5, 5.41) is 12.0. The first-order valence-electron chi connectivity index (χ1n) is 7.78. The van der Waals surface area contributed by atoms with Crippen molar-refractivity contribution in [2.24, 2.45) is 0 Å². The van der Waals surface area contributed by atoms with E-state index in [1.54, 1.807) is 17.2 Å². The number of alkyl halides is 2. The van der Waals surface area contributed by atoms with Crippen molar-refractivity contribution in [3.8, 4) is 0 Å². The van der Waals surface area contributed by atoms with E-state index in [0.717, 1.165) is 44.0 Å². The fourth-order valence-corrected chi connectivity index (χ4v) is 2.68. The highest BCUT2D eigenvalue weighted by molar-refractivity contribution is 5.43. The first-order chi connectivity index (χ1) is 11.6. The summed E-state index contributed by atoms with van der Waals surface area (Å²) in [5.74, 6) is 0. The molecule has 2 aromatic rings. The monoisotopic (exact) mass is 339 g/mol. The molecule has 2 aromatic heterocycles. The Labute approximate surface area is 137 Å². The van der Waals surface area contributed by atoms with Crippen molar-refractivity contribution in [1.29, 1.82) is 0 Å². The van der Waals surface area contributed by atoms with E-state index in [9.17, 15) is 13.6 Å². The lowest BCUT2D eigenvalue weighted by molar-refractivity contribution is 0.119. The van der Waals surface area contributed by atoms with Crippen molar-refractivity contribution in [3.63, 3.8) is 0 Å². The molecule has 130 valence electrons. The molecule has 0 radical (unpaired) electrons. The molecular formula is C14H19F2N7O. The van der Waals surface area contributed by atoms with Crippen molar-refractivity contribution in [2.45, 2.75) is 19.5 Å². The number of aromatic nitrogens is 5. The molecule has 3 rings (SSSR count). The molecule has 0 aromatic carbocycles. The second-order valence-corrected chi connectivity index (χ2v) is 5.58. The fraction of sp³-hybridized carbons (Fsp3) is 0.571. The lowest BCUT2D eigenvalue weighted by atomic mass is 10.3. The second kappa shape index (κ2) is 7.47. The molecule has 0 aliphatic carbocycles. The van der Waals surface area contributed by atoms with Gasteiger partial charge >= 0.3 is 0 Å². The highest BCUT2D eigenvalue weighted by Crippen LogP contribution is 2.13. The fourth-order valence-electron chi connectivity index (χ4n) is 2.68. The Morgan fingerprint density at radius 1 is 1.04 bits per heavy atom. The highest BCUT2D eigenvalue weighted by Gasteiger charge is 2.18. The van der Waals surface area contributed by atoms with Crippen LogP contribution >= 0.6 is 0 Å². The number of hydrogen-bond acceptors (Lipinski definition) is 6. The maximum Gasteiger partial charge on any atom is 0.269 e. The van der Waals surface area contributed by atoms with Gasteiger partial charge in [0.05, 0.1) is 30.8 Å². The van der Waals surface area contributed by atoms with E-state index in [4.69, 9.17) is 0 Å². The summed E-state index contributed by atoms with van der Waals surface area (Å²) in [6.45, 7) is 4.13. The molecule has 0 bridgehead atoms. The molecule has 0 atom stereocenters. The Kier molecular flexibility index (Phi) is 5.14. The van der Waals surface area contributed by atoms with Crippen LogP contribution in [-0.4, -0.2) is 68.8 Å². The highest BCUT2D eigenvalue weighted by atomic mass is 19.3. The average molecular weight is 339 g/mol. The van der Waals surface area contributed by atoms with Gasteiger partial charge in [-0.15, -0.1) is 0 Å². The minimum Gasteiger partial charge on any atom is -0.368 e. The topological polar surface area (TPSA) is 72.1 Å². The van der Waals surface area contributed by atoms with Crippen LogP contribution in [0.5, 0.6) is 0 Å². The van der Waals surface area contributed by atoms with Crippen LogP contribution in [0.25, 0.3) is 0 Å². The standard InChI is InChI=1S/C14H19F2N7O/c15-13(16)11-22-14(24)9-12(10-19-22)21-6-3-20(4-7-21)5-8-23-17-1-2-18-23/h1-2,9-10,13H,3-8,11H2. The summed E-state index contributed by atoms with van der Waals surface area (Å²) in [6, 6.07) is 1.37. The Hall–Kier alpha value is -2.36. The average Bonchev–Trinajstić information content (AvgIpc) is 3.08. The summed E-state index contributed by atoms with van der Waals surface area (Å²) in [6.07, 6.45) is 2.20. The van der Waals surface area contributed by atoms with Crippen LogP contribution < -0.4 is 10.5 Å². The summed E-state index contributed by atoms with van der Waals surface area (Å²) in [5.41, 5.74) is 0.180. The van der Waals surface area contributed by atoms with Gasteiger partial charge in [-0.2, -0.15) is 20.1 Å². The van der Waals surface area contributed by atoms with Crippen LogP contribution in [0, 0.1) is 0 Å². The van der Waals surface area contributed by atoms with E-state index >= 15 is 0 Å². The van der Waals surface area contributed by atoms with Crippen molar-refractivity contribution < 1.29 is 8.78 Å². The summed E-state index contributed by atoms with van der Waals surface area (Å²) in [7, 11) is 0. The van der Waals surface area contributed by atoms with Crippen LogP contribution in [-0.2, 0) is 13.1 Å².